The highest BCUT2D eigenvalue weighted by molar-refractivity contribution is 14.0. The number of thioether (sulfide) groups is 1. The molecular formula is C15H26IN3OS. The summed E-state index contributed by atoms with van der Waals surface area (Å²) in [4.78, 5) is 4.62. The molecule has 6 heteroatoms. The summed E-state index contributed by atoms with van der Waals surface area (Å²) >= 11 is 1.82. The third-order valence-corrected chi connectivity index (χ3v) is 4.06. The van der Waals surface area contributed by atoms with Crippen LogP contribution in [0.25, 0.3) is 0 Å². The Bertz CT molecular complexity index is 419. The highest BCUT2D eigenvalue weighted by atomic mass is 127. The summed E-state index contributed by atoms with van der Waals surface area (Å²) < 4.78 is 5.45. The Hall–Kier alpha value is -0.630. The minimum absolute atomic E-state index is 0. The van der Waals surface area contributed by atoms with Crippen molar-refractivity contribution < 1.29 is 4.42 Å². The number of nitrogens with zero attached hydrogens (tertiary/aromatic N) is 1. The molecule has 0 radical (unpaired) electrons. The Morgan fingerprint density at radius 2 is 2.24 bits per heavy atom. The maximum atomic E-state index is 5.31. The summed E-state index contributed by atoms with van der Waals surface area (Å²) in [6, 6.07) is 3.88. The van der Waals surface area contributed by atoms with Crippen LogP contribution in [-0.2, 0) is 6.42 Å². The van der Waals surface area contributed by atoms with Crippen molar-refractivity contribution in [3.63, 3.8) is 0 Å². The summed E-state index contributed by atoms with van der Waals surface area (Å²) in [5.41, 5.74) is 0. The molecule has 0 fully saturated rings. The van der Waals surface area contributed by atoms with E-state index in [1.807, 2.05) is 30.0 Å². The minimum Gasteiger partial charge on any atom is -0.469 e. The zero-order chi connectivity index (χ0) is 14.8. The fraction of sp³-hybridized carbons (Fsp3) is 0.533. The first-order valence-electron chi connectivity index (χ1n) is 6.78. The predicted molar refractivity (Wildman–Crippen MR) is 104 cm³/mol. The van der Waals surface area contributed by atoms with Gasteiger partial charge in [0.05, 0.1) is 12.8 Å². The van der Waals surface area contributed by atoms with Crippen LogP contribution in [0.1, 0.15) is 19.6 Å². The number of hydrogen-bond acceptors (Lipinski definition) is 3. The van der Waals surface area contributed by atoms with E-state index in [-0.39, 0.29) is 28.7 Å². The van der Waals surface area contributed by atoms with Crippen LogP contribution in [0.5, 0.6) is 0 Å². The minimum atomic E-state index is 0. The average molecular weight is 423 g/mol. The van der Waals surface area contributed by atoms with Crippen LogP contribution in [-0.4, -0.2) is 36.6 Å². The lowest BCUT2D eigenvalue weighted by Gasteiger charge is -2.20. The standard InChI is InChI=1S/C15H25N3OS.HI/c1-5-9-16-14(18-12-15(2,3)20-4)17-10-8-13-7-6-11-19-13;/h5-7,11H,1,8-10,12H2,2-4H3,(H2,16,17,18);1H. The molecule has 0 amide bonds. The smallest absolute Gasteiger partial charge is 0.191 e. The second kappa shape index (κ2) is 11.0. The molecule has 1 heterocycles. The Balaban J connectivity index is 0.00000400. The zero-order valence-corrected chi connectivity index (χ0v) is 16.2. The highest BCUT2D eigenvalue weighted by Gasteiger charge is 2.15. The maximum absolute atomic E-state index is 5.31. The molecule has 0 saturated carbocycles. The van der Waals surface area contributed by atoms with Gasteiger partial charge in [-0.05, 0) is 32.2 Å². The number of aliphatic imine (C=N–C) groups is 1. The van der Waals surface area contributed by atoms with Crippen LogP contribution in [0.2, 0.25) is 0 Å². The lowest BCUT2D eigenvalue weighted by Crippen LogP contribution is -2.39. The van der Waals surface area contributed by atoms with Gasteiger partial charge >= 0.3 is 0 Å². The van der Waals surface area contributed by atoms with Gasteiger partial charge < -0.3 is 15.1 Å². The molecule has 0 bridgehead atoms. The number of hydrogen-bond donors (Lipinski definition) is 2. The molecule has 21 heavy (non-hydrogen) atoms. The topological polar surface area (TPSA) is 49.6 Å². The lowest BCUT2D eigenvalue weighted by molar-refractivity contribution is 0.507. The first-order chi connectivity index (χ1) is 9.57. The second-order valence-electron chi connectivity index (χ2n) is 5.05. The number of rotatable bonds is 8. The first kappa shape index (κ1) is 20.4. The molecular weight excluding hydrogens is 397 g/mol. The molecule has 0 aliphatic carbocycles. The number of nitrogens with one attached hydrogen (secondary N) is 2. The Kier molecular flexibility index (Phi) is 10.7. The number of guanidine groups is 1. The van der Waals surface area contributed by atoms with Gasteiger partial charge in [-0.1, -0.05) is 6.08 Å². The Morgan fingerprint density at radius 1 is 1.48 bits per heavy atom. The second-order valence-corrected chi connectivity index (χ2v) is 6.57. The van der Waals surface area contributed by atoms with Crippen molar-refractivity contribution in [1.82, 2.24) is 10.6 Å². The van der Waals surface area contributed by atoms with Gasteiger partial charge in [0.1, 0.15) is 5.76 Å². The molecule has 4 nitrogen and oxygen atoms in total. The van der Waals surface area contributed by atoms with Gasteiger partial charge in [0, 0.05) is 24.3 Å². The summed E-state index contributed by atoms with van der Waals surface area (Å²) in [7, 11) is 0. The van der Waals surface area contributed by atoms with Crippen molar-refractivity contribution in [3.05, 3.63) is 36.8 Å². The van der Waals surface area contributed by atoms with E-state index in [9.17, 15) is 0 Å². The van der Waals surface area contributed by atoms with E-state index in [0.717, 1.165) is 31.2 Å². The molecule has 0 atom stereocenters. The van der Waals surface area contributed by atoms with E-state index in [0.29, 0.717) is 6.54 Å². The monoisotopic (exact) mass is 423 g/mol. The maximum Gasteiger partial charge on any atom is 0.191 e. The van der Waals surface area contributed by atoms with Gasteiger partial charge in [0.15, 0.2) is 5.96 Å². The molecule has 0 aromatic carbocycles. The van der Waals surface area contributed by atoms with Gasteiger partial charge in [-0.25, -0.2) is 0 Å². The molecule has 1 aromatic rings. The van der Waals surface area contributed by atoms with E-state index >= 15 is 0 Å². The van der Waals surface area contributed by atoms with Crippen LogP contribution in [0, 0.1) is 0 Å². The zero-order valence-electron chi connectivity index (χ0n) is 13.0. The Labute approximate surface area is 149 Å². The van der Waals surface area contributed by atoms with Gasteiger partial charge in [-0.15, -0.1) is 30.6 Å². The number of furan rings is 1. The summed E-state index contributed by atoms with van der Waals surface area (Å²) in [5.74, 6) is 1.79. The Morgan fingerprint density at radius 3 is 2.81 bits per heavy atom. The summed E-state index contributed by atoms with van der Waals surface area (Å²) in [5, 5.41) is 6.54. The van der Waals surface area contributed by atoms with Crippen molar-refractivity contribution in [2.45, 2.75) is 25.0 Å². The van der Waals surface area contributed by atoms with Crippen LogP contribution >= 0.6 is 35.7 Å². The van der Waals surface area contributed by atoms with Crippen LogP contribution in [0.3, 0.4) is 0 Å². The fourth-order valence-corrected chi connectivity index (χ4v) is 1.63. The van der Waals surface area contributed by atoms with Crippen molar-refractivity contribution in [1.29, 1.82) is 0 Å². The molecule has 0 aliphatic rings. The average Bonchev–Trinajstić information content (AvgIpc) is 2.94. The van der Waals surface area contributed by atoms with Crippen molar-refractivity contribution in [3.8, 4) is 0 Å². The third kappa shape index (κ3) is 9.08. The normalized spacial score (nSPS) is 11.7. The summed E-state index contributed by atoms with van der Waals surface area (Å²) in [6.45, 7) is 10.3. The van der Waals surface area contributed by atoms with Crippen molar-refractivity contribution in [2.75, 3.05) is 25.9 Å². The quantitative estimate of drug-likeness (QED) is 0.292. The molecule has 120 valence electrons. The number of halogens is 1. The molecule has 1 rings (SSSR count). The van der Waals surface area contributed by atoms with E-state index in [1.54, 1.807) is 6.26 Å². The predicted octanol–water partition coefficient (Wildman–Crippen LogP) is 3.30. The van der Waals surface area contributed by atoms with Crippen molar-refractivity contribution >= 4 is 41.7 Å². The van der Waals surface area contributed by atoms with Gasteiger partial charge in [-0.3, -0.25) is 4.99 Å². The van der Waals surface area contributed by atoms with E-state index in [2.05, 4.69) is 42.3 Å². The molecule has 1 aromatic heterocycles. The highest BCUT2D eigenvalue weighted by Crippen LogP contribution is 2.20. The van der Waals surface area contributed by atoms with Crippen molar-refractivity contribution in [2.24, 2.45) is 4.99 Å². The van der Waals surface area contributed by atoms with E-state index in [1.165, 1.54) is 0 Å². The molecule has 0 aliphatic heterocycles. The molecule has 0 spiro atoms. The fourth-order valence-electron chi connectivity index (χ4n) is 1.44. The largest absolute Gasteiger partial charge is 0.469 e. The molecule has 0 unspecified atom stereocenters. The molecule has 2 N–H and O–H groups in total. The third-order valence-electron chi connectivity index (χ3n) is 2.83. The van der Waals surface area contributed by atoms with Crippen LogP contribution < -0.4 is 10.6 Å². The molecule has 0 saturated heterocycles. The lowest BCUT2D eigenvalue weighted by atomic mass is 10.2. The SMILES string of the molecule is C=CCNC(=NCC(C)(C)SC)NCCc1ccco1.I. The van der Waals surface area contributed by atoms with Gasteiger partial charge in [0.25, 0.3) is 0 Å². The van der Waals surface area contributed by atoms with E-state index < -0.39 is 0 Å². The summed E-state index contributed by atoms with van der Waals surface area (Å²) in [6.07, 6.45) is 6.47. The van der Waals surface area contributed by atoms with Crippen LogP contribution in [0.4, 0.5) is 0 Å². The van der Waals surface area contributed by atoms with Crippen LogP contribution in [0.15, 0.2) is 40.5 Å². The first-order valence-corrected chi connectivity index (χ1v) is 8.00. The van der Waals surface area contributed by atoms with Gasteiger partial charge in [0.2, 0.25) is 0 Å². The van der Waals surface area contributed by atoms with Gasteiger partial charge in [-0.2, -0.15) is 11.8 Å². The van der Waals surface area contributed by atoms with E-state index in [4.69, 9.17) is 4.42 Å².